The summed E-state index contributed by atoms with van der Waals surface area (Å²) in [6.07, 6.45) is 1.50. The molecule has 0 bridgehead atoms. The summed E-state index contributed by atoms with van der Waals surface area (Å²) in [7, 11) is 0. The van der Waals surface area contributed by atoms with Gasteiger partial charge in [-0.05, 0) is 17.7 Å². The van der Waals surface area contributed by atoms with E-state index in [1.807, 2.05) is 0 Å². The molecule has 2 N–H and O–H groups in total. The van der Waals surface area contributed by atoms with E-state index in [4.69, 9.17) is 17.3 Å². The highest BCUT2D eigenvalue weighted by atomic mass is 35.5. The minimum atomic E-state index is 0.158. The molecule has 0 radical (unpaired) electrons. The smallest absolute Gasteiger partial charge is 0.222 e. The lowest BCUT2D eigenvalue weighted by Gasteiger charge is -1.94. The van der Waals surface area contributed by atoms with Gasteiger partial charge in [-0.2, -0.15) is 0 Å². The van der Waals surface area contributed by atoms with Crippen LogP contribution >= 0.6 is 23.8 Å². The van der Waals surface area contributed by atoms with Crippen LogP contribution in [-0.4, -0.2) is 15.0 Å². The van der Waals surface area contributed by atoms with Crippen LogP contribution in [0.5, 0.6) is 0 Å². The van der Waals surface area contributed by atoms with E-state index >= 15 is 0 Å². The number of halogens is 1. The van der Waals surface area contributed by atoms with E-state index in [-0.39, 0.29) is 10.3 Å². The minimum absolute atomic E-state index is 0.158. The number of nitrogens with two attached hydrogens (primary N) is 1. The number of nitrogens with zero attached hydrogens (tertiary/aromatic N) is 2. The molecule has 0 saturated carbocycles. The molecule has 0 unspecified atom stereocenters. The quantitative estimate of drug-likeness (QED) is 0.504. The van der Waals surface area contributed by atoms with Gasteiger partial charge in [-0.25, -0.2) is 9.97 Å². The third-order valence-corrected chi connectivity index (χ3v) is 1.27. The zero-order chi connectivity index (χ0) is 7.56. The molecular formula is C5H4ClN3S. The Bertz CT molecular complexity index is 263. The van der Waals surface area contributed by atoms with Crippen molar-refractivity contribution in [2.75, 3.05) is 0 Å². The maximum atomic E-state index is 5.45. The van der Waals surface area contributed by atoms with E-state index in [2.05, 4.69) is 22.2 Å². The van der Waals surface area contributed by atoms with E-state index in [0.717, 1.165) is 0 Å². The van der Waals surface area contributed by atoms with Gasteiger partial charge in [0.15, 0.2) is 0 Å². The third-order valence-electron chi connectivity index (χ3n) is 0.879. The zero-order valence-electron chi connectivity index (χ0n) is 4.91. The fraction of sp³-hybridized carbons (Fsp3) is 0. The van der Waals surface area contributed by atoms with Crippen LogP contribution in [0.25, 0.3) is 0 Å². The van der Waals surface area contributed by atoms with Crippen LogP contribution in [0.1, 0.15) is 5.69 Å². The maximum absolute atomic E-state index is 5.45. The highest BCUT2D eigenvalue weighted by Gasteiger charge is 1.97. The summed E-state index contributed by atoms with van der Waals surface area (Å²) in [5, 5.41) is 0.158. The first-order chi connectivity index (χ1) is 4.70. The Hall–Kier alpha value is -0.740. The molecule has 3 nitrogen and oxygen atoms in total. The van der Waals surface area contributed by atoms with Gasteiger partial charge >= 0.3 is 0 Å². The van der Waals surface area contributed by atoms with Crippen LogP contribution in [-0.2, 0) is 0 Å². The fourth-order valence-corrected chi connectivity index (χ4v) is 0.733. The molecule has 0 amide bonds. The highest BCUT2D eigenvalue weighted by Crippen LogP contribution is 1.99. The molecule has 52 valence electrons. The zero-order valence-corrected chi connectivity index (χ0v) is 6.49. The van der Waals surface area contributed by atoms with Crippen molar-refractivity contribution in [3.63, 3.8) is 0 Å². The van der Waals surface area contributed by atoms with E-state index < -0.39 is 0 Å². The van der Waals surface area contributed by atoms with Crippen LogP contribution in [0, 0.1) is 0 Å². The summed E-state index contributed by atoms with van der Waals surface area (Å²) in [6.45, 7) is 0. The van der Waals surface area contributed by atoms with Crippen LogP contribution < -0.4 is 5.73 Å². The van der Waals surface area contributed by atoms with Gasteiger partial charge in [0.1, 0.15) is 10.7 Å². The Morgan fingerprint density at radius 2 is 2.40 bits per heavy atom. The van der Waals surface area contributed by atoms with Gasteiger partial charge in [0.25, 0.3) is 0 Å². The van der Waals surface area contributed by atoms with Crippen molar-refractivity contribution < 1.29 is 0 Å². The first kappa shape index (κ1) is 7.37. The predicted molar refractivity (Wildman–Crippen MR) is 42.9 cm³/mol. The third kappa shape index (κ3) is 1.62. The number of hydrogen-bond acceptors (Lipinski definition) is 3. The molecule has 10 heavy (non-hydrogen) atoms. The normalized spacial score (nSPS) is 9.30. The minimum Gasteiger partial charge on any atom is -0.388 e. The fourth-order valence-electron chi connectivity index (χ4n) is 0.472. The Balaban J connectivity index is 3.07. The Morgan fingerprint density at radius 3 is 2.80 bits per heavy atom. The van der Waals surface area contributed by atoms with Gasteiger partial charge in [0.05, 0.1) is 0 Å². The van der Waals surface area contributed by atoms with Crippen LogP contribution in [0.15, 0.2) is 12.3 Å². The second-order valence-corrected chi connectivity index (χ2v) is 2.35. The van der Waals surface area contributed by atoms with Gasteiger partial charge in [0, 0.05) is 6.20 Å². The van der Waals surface area contributed by atoms with Crippen LogP contribution in [0.3, 0.4) is 0 Å². The van der Waals surface area contributed by atoms with Gasteiger partial charge in [-0.1, -0.05) is 12.2 Å². The van der Waals surface area contributed by atoms with Gasteiger partial charge < -0.3 is 5.73 Å². The SMILES string of the molecule is NC(=S)c1ccnc(Cl)n1. The molecule has 1 aromatic rings. The number of rotatable bonds is 1. The summed E-state index contributed by atoms with van der Waals surface area (Å²) in [6, 6.07) is 1.61. The molecule has 1 heterocycles. The molecule has 1 rings (SSSR count). The Morgan fingerprint density at radius 1 is 1.70 bits per heavy atom. The van der Waals surface area contributed by atoms with Crippen molar-refractivity contribution in [3.05, 3.63) is 23.2 Å². The number of aromatic nitrogens is 2. The summed E-state index contributed by atoms with van der Waals surface area (Å²) in [4.78, 5) is 7.65. The lowest BCUT2D eigenvalue weighted by molar-refractivity contribution is 1.15. The summed E-state index contributed by atoms with van der Waals surface area (Å²) in [5.41, 5.74) is 5.76. The molecule has 5 heteroatoms. The molecule has 0 aliphatic heterocycles. The average molecular weight is 174 g/mol. The lowest BCUT2D eigenvalue weighted by atomic mass is 10.4. The van der Waals surface area contributed by atoms with E-state index in [0.29, 0.717) is 5.69 Å². The monoisotopic (exact) mass is 173 g/mol. The molecule has 0 aliphatic rings. The molecule has 1 aromatic heterocycles. The van der Waals surface area contributed by atoms with Crippen molar-refractivity contribution >= 4 is 28.8 Å². The molecule has 0 atom stereocenters. The lowest BCUT2D eigenvalue weighted by Crippen LogP contribution is -2.11. The second kappa shape index (κ2) is 2.90. The molecule has 0 saturated heterocycles. The summed E-state index contributed by atoms with van der Waals surface area (Å²) < 4.78 is 0. The molecule has 0 fully saturated rings. The average Bonchev–Trinajstić information content (AvgIpc) is 1.88. The number of hydrogen-bond donors (Lipinski definition) is 1. The summed E-state index contributed by atoms with van der Waals surface area (Å²) in [5.74, 6) is 0. The van der Waals surface area contributed by atoms with Gasteiger partial charge in [0.2, 0.25) is 5.28 Å². The van der Waals surface area contributed by atoms with Crippen molar-refractivity contribution in [2.45, 2.75) is 0 Å². The van der Waals surface area contributed by atoms with Crippen molar-refractivity contribution in [2.24, 2.45) is 5.73 Å². The number of thiocarbonyl (C=S) groups is 1. The van der Waals surface area contributed by atoms with Crippen molar-refractivity contribution in [3.8, 4) is 0 Å². The van der Waals surface area contributed by atoms with Crippen molar-refractivity contribution in [1.82, 2.24) is 9.97 Å². The summed E-state index contributed by atoms with van der Waals surface area (Å²) >= 11 is 10.1. The topological polar surface area (TPSA) is 51.8 Å². The van der Waals surface area contributed by atoms with E-state index in [1.165, 1.54) is 6.20 Å². The van der Waals surface area contributed by atoms with E-state index in [1.54, 1.807) is 6.07 Å². The molecular weight excluding hydrogens is 170 g/mol. The first-order valence-electron chi connectivity index (χ1n) is 2.48. The van der Waals surface area contributed by atoms with Gasteiger partial charge in [-0.15, -0.1) is 0 Å². The maximum Gasteiger partial charge on any atom is 0.222 e. The van der Waals surface area contributed by atoms with Gasteiger partial charge in [-0.3, -0.25) is 0 Å². The predicted octanol–water partition coefficient (Wildman–Crippen LogP) is 0.764. The van der Waals surface area contributed by atoms with Crippen LogP contribution in [0.4, 0.5) is 0 Å². The van der Waals surface area contributed by atoms with Crippen molar-refractivity contribution in [1.29, 1.82) is 0 Å². The first-order valence-corrected chi connectivity index (χ1v) is 3.27. The van der Waals surface area contributed by atoms with Crippen LogP contribution in [0.2, 0.25) is 5.28 Å². The Labute approximate surface area is 68.2 Å². The largest absolute Gasteiger partial charge is 0.388 e. The van der Waals surface area contributed by atoms with E-state index in [9.17, 15) is 0 Å². The molecule has 0 aliphatic carbocycles. The second-order valence-electron chi connectivity index (χ2n) is 1.58. The Kier molecular flexibility index (Phi) is 2.13. The molecule has 0 aromatic carbocycles. The standard InChI is InChI=1S/C5H4ClN3S/c6-5-8-2-1-3(9-5)4(7)10/h1-2H,(H2,7,10). The highest BCUT2D eigenvalue weighted by molar-refractivity contribution is 7.80. The molecule has 0 spiro atoms.